The number of rotatable bonds is 0. The fourth-order valence-electron chi connectivity index (χ4n) is 6.39. The highest BCUT2D eigenvalue weighted by Gasteiger charge is 2.60. The van der Waals surface area contributed by atoms with E-state index in [0.29, 0.717) is 0 Å². The first-order valence-corrected chi connectivity index (χ1v) is 14.1. The molecule has 0 amide bonds. The molecule has 0 aromatic rings. The topological polar surface area (TPSA) is 71.4 Å². The predicted molar refractivity (Wildman–Crippen MR) is 141 cm³/mol. The van der Waals surface area contributed by atoms with Crippen LogP contribution in [-0.4, -0.2) is 12.2 Å². The minimum Gasteiger partial charge on any atom is -0.193 e. The van der Waals surface area contributed by atoms with E-state index in [9.17, 15) is 15.8 Å². The summed E-state index contributed by atoms with van der Waals surface area (Å²) in [7, 11) is 0. The first-order chi connectivity index (χ1) is 15.2. The van der Waals surface area contributed by atoms with Gasteiger partial charge in [-0.1, -0.05) is 41.5 Å². The Morgan fingerprint density at radius 2 is 0.788 bits per heavy atom. The number of allylic oxidation sites excluding steroid dienone is 3. The third kappa shape index (κ3) is 5.07. The third-order valence-electron chi connectivity index (χ3n) is 6.83. The standard InChI is InChI=1S/C27H33N3S3/c1-22(2)7-19(13-28)10-25(16-22)31-26(11-20(14-29)8-23(3,4)17-26)33-27(32-25)12-21(15-30)9-24(5,6)18-27/h10-12H,7-9,16-18H2,1-6H3. The van der Waals surface area contributed by atoms with Crippen LogP contribution in [0.5, 0.6) is 0 Å². The van der Waals surface area contributed by atoms with Crippen LogP contribution in [0.25, 0.3) is 0 Å². The van der Waals surface area contributed by atoms with Crippen LogP contribution >= 0.6 is 35.3 Å². The lowest BCUT2D eigenvalue weighted by atomic mass is 9.76. The summed E-state index contributed by atoms with van der Waals surface area (Å²) in [6.45, 7) is 13.6. The highest BCUT2D eigenvalue weighted by atomic mass is 32.3. The van der Waals surface area contributed by atoms with Gasteiger partial charge in [0.1, 0.15) is 0 Å². The Labute approximate surface area is 212 Å². The van der Waals surface area contributed by atoms with Gasteiger partial charge in [0.2, 0.25) is 0 Å². The minimum atomic E-state index is -0.271. The van der Waals surface area contributed by atoms with Gasteiger partial charge in [-0.3, -0.25) is 0 Å². The van der Waals surface area contributed by atoms with E-state index in [4.69, 9.17) is 0 Å². The van der Waals surface area contributed by atoms with Crippen molar-refractivity contribution in [1.29, 1.82) is 15.8 Å². The molecule has 0 aromatic heterocycles. The molecule has 0 radical (unpaired) electrons. The fourth-order valence-corrected chi connectivity index (χ4v) is 15.8. The quantitative estimate of drug-likeness (QED) is 0.338. The molecule has 4 rings (SSSR count). The summed E-state index contributed by atoms with van der Waals surface area (Å²) in [5.74, 6) is 0. The summed E-state index contributed by atoms with van der Waals surface area (Å²) in [4.78, 5) is 0. The second-order valence-electron chi connectivity index (χ2n) is 12.6. The molecule has 174 valence electrons. The van der Waals surface area contributed by atoms with Gasteiger partial charge in [0.25, 0.3) is 0 Å². The zero-order chi connectivity index (χ0) is 24.3. The number of nitriles is 3. The summed E-state index contributed by atoms with van der Waals surface area (Å²) < 4.78 is -0.812. The molecule has 6 heteroatoms. The molecule has 0 aromatic carbocycles. The lowest BCUT2D eigenvalue weighted by Gasteiger charge is -2.59. The molecule has 1 fully saturated rings. The van der Waals surface area contributed by atoms with E-state index in [2.05, 4.69) is 78.0 Å². The van der Waals surface area contributed by atoms with E-state index < -0.39 is 0 Å². The maximum atomic E-state index is 9.92. The highest BCUT2D eigenvalue weighted by Crippen LogP contribution is 2.75. The van der Waals surface area contributed by atoms with Crippen LogP contribution in [0.15, 0.2) is 34.9 Å². The largest absolute Gasteiger partial charge is 0.193 e. The van der Waals surface area contributed by atoms with Crippen molar-refractivity contribution in [2.75, 3.05) is 0 Å². The van der Waals surface area contributed by atoms with E-state index in [-0.39, 0.29) is 28.5 Å². The van der Waals surface area contributed by atoms with Crippen molar-refractivity contribution in [3.63, 3.8) is 0 Å². The Bertz CT molecular complexity index is 941. The summed E-state index contributed by atoms with van der Waals surface area (Å²) in [6.07, 6.45) is 12.0. The smallest absolute Gasteiger partial charge is 0.0944 e. The molecular formula is C27H33N3S3. The van der Waals surface area contributed by atoms with Crippen LogP contribution in [0, 0.1) is 50.2 Å². The molecular weight excluding hydrogens is 463 g/mol. The van der Waals surface area contributed by atoms with E-state index in [0.717, 1.165) is 55.2 Å². The van der Waals surface area contributed by atoms with Gasteiger partial charge in [-0.25, -0.2) is 0 Å². The molecule has 1 heterocycles. The van der Waals surface area contributed by atoms with Gasteiger partial charge < -0.3 is 0 Å². The predicted octanol–water partition coefficient (Wildman–Crippen LogP) is 8.10. The minimum absolute atomic E-state index is 0.0160. The van der Waals surface area contributed by atoms with Crippen molar-refractivity contribution in [3.8, 4) is 18.2 Å². The molecule has 0 bridgehead atoms. The molecule has 3 aliphatic carbocycles. The maximum Gasteiger partial charge on any atom is 0.0944 e. The van der Waals surface area contributed by atoms with Gasteiger partial charge in [-0.2, -0.15) is 15.8 Å². The van der Waals surface area contributed by atoms with Gasteiger partial charge in [-0.15, -0.1) is 35.3 Å². The summed E-state index contributed by atoms with van der Waals surface area (Å²) >= 11 is 5.87. The molecule has 0 unspecified atom stereocenters. The van der Waals surface area contributed by atoms with Gasteiger partial charge in [-0.05, 0) is 73.0 Å². The van der Waals surface area contributed by atoms with Crippen LogP contribution in [0.1, 0.15) is 80.1 Å². The van der Waals surface area contributed by atoms with Crippen molar-refractivity contribution in [2.24, 2.45) is 16.2 Å². The zero-order valence-corrected chi connectivity index (χ0v) is 23.0. The Balaban J connectivity index is 1.94. The number of nitrogens with zero attached hydrogens (tertiary/aromatic N) is 3. The van der Waals surface area contributed by atoms with Gasteiger partial charge in [0.15, 0.2) is 0 Å². The first-order valence-electron chi connectivity index (χ1n) is 11.6. The number of hydrogen-bond acceptors (Lipinski definition) is 6. The molecule has 4 aliphatic rings. The average molecular weight is 496 g/mol. The van der Waals surface area contributed by atoms with Gasteiger partial charge in [0.05, 0.1) is 30.4 Å². The molecule has 3 spiro atoms. The van der Waals surface area contributed by atoms with Crippen LogP contribution in [0.2, 0.25) is 0 Å². The van der Waals surface area contributed by atoms with Crippen molar-refractivity contribution in [3.05, 3.63) is 34.9 Å². The Kier molecular flexibility index (Phi) is 5.93. The molecule has 1 saturated heterocycles. The summed E-state index contributed by atoms with van der Waals surface area (Å²) in [6, 6.07) is 7.44. The normalized spacial score (nSPS) is 38.5. The highest BCUT2D eigenvalue weighted by molar-refractivity contribution is 8.36. The van der Waals surface area contributed by atoms with Gasteiger partial charge >= 0.3 is 0 Å². The van der Waals surface area contributed by atoms with Crippen molar-refractivity contribution in [2.45, 2.75) is 92.3 Å². The lowest BCUT2D eigenvalue weighted by molar-refractivity contribution is 0.303. The maximum absolute atomic E-state index is 9.92. The second kappa shape index (κ2) is 7.88. The van der Waals surface area contributed by atoms with Crippen LogP contribution < -0.4 is 0 Å². The lowest BCUT2D eigenvalue weighted by Crippen LogP contribution is -2.49. The van der Waals surface area contributed by atoms with E-state index in [1.54, 1.807) is 0 Å². The van der Waals surface area contributed by atoms with E-state index >= 15 is 0 Å². The molecule has 1 aliphatic heterocycles. The van der Waals surface area contributed by atoms with Crippen LogP contribution in [0.3, 0.4) is 0 Å². The Morgan fingerprint density at radius 3 is 1.00 bits per heavy atom. The third-order valence-corrected chi connectivity index (χ3v) is 12.0. The zero-order valence-electron chi connectivity index (χ0n) is 20.5. The summed E-state index contributed by atoms with van der Waals surface area (Å²) in [5, 5.41) is 29.7. The Hall–Kier alpha value is -1.26. The molecule has 33 heavy (non-hydrogen) atoms. The van der Waals surface area contributed by atoms with Gasteiger partial charge in [0, 0.05) is 16.7 Å². The Morgan fingerprint density at radius 1 is 0.545 bits per heavy atom. The first kappa shape index (κ1) is 24.9. The monoisotopic (exact) mass is 495 g/mol. The van der Waals surface area contributed by atoms with Crippen molar-refractivity contribution >= 4 is 35.3 Å². The van der Waals surface area contributed by atoms with Crippen molar-refractivity contribution in [1.82, 2.24) is 0 Å². The molecule has 0 N–H and O–H groups in total. The van der Waals surface area contributed by atoms with E-state index in [1.807, 2.05) is 35.3 Å². The second-order valence-corrected chi connectivity index (χ2v) is 18.4. The fraction of sp³-hybridized carbons (Fsp3) is 0.667. The molecule has 3 nitrogen and oxygen atoms in total. The molecule has 0 atom stereocenters. The van der Waals surface area contributed by atoms with E-state index in [1.165, 1.54) is 0 Å². The molecule has 0 saturated carbocycles. The SMILES string of the molecule is CC1(C)CC(C#N)=CC2(C1)SC1(C=C(C#N)CC(C)(C)C1)SC1(C=C(C#N)CC(C)(C)C1)S2. The van der Waals surface area contributed by atoms with Crippen LogP contribution in [-0.2, 0) is 0 Å². The van der Waals surface area contributed by atoms with Crippen LogP contribution in [0.4, 0.5) is 0 Å². The summed E-state index contributed by atoms with van der Waals surface area (Å²) in [5.41, 5.74) is 2.64. The number of hydrogen-bond donors (Lipinski definition) is 0. The number of thioether (sulfide) groups is 3. The van der Waals surface area contributed by atoms with Crippen molar-refractivity contribution < 1.29 is 0 Å². The average Bonchev–Trinajstić information content (AvgIpc) is 2.62.